The summed E-state index contributed by atoms with van der Waals surface area (Å²) in [4.78, 5) is 8.39. The van der Waals surface area contributed by atoms with Gasteiger partial charge in [-0.1, -0.05) is 11.2 Å². The van der Waals surface area contributed by atoms with Crippen LogP contribution in [0.1, 0.15) is 23.2 Å². The van der Waals surface area contributed by atoms with E-state index in [9.17, 15) is 8.42 Å². The normalized spacial score (nSPS) is 16.9. The molecule has 22 heavy (non-hydrogen) atoms. The Labute approximate surface area is 128 Å². The van der Waals surface area contributed by atoms with Crippen molar-refractivity contribution in [2.75, 3.05) is 27.2 Å². The van der Waals surface area contributed by atoms with E-state index < -0.39 is 10.2 Å². The zero-order valence-corrected chi connectivity index (χ0v) is 13.2. The van der Waals surface area contributed by atoms with Crippen LogP contribution in [0.2, 0.25) is 0 Å². The third-order valence-electron chi connectivity index (χ3n) is 3.55. The summed E-state index contributed by atoms with van der Waals surface area (Å²) < 4.78 is 31.7. The molecular weight excluding hydrogens is 306 g/mol. The molecule has 1 saturated heterocycles. The molecule has 0 aromatic carbocycles. The lowest BCUT2D eigenvalue weighted by Gasteiger charge is -2.37. The van der Waals surface area contributed by atoms with Crippen molar-refractivity contribution in [1.82, 2.24) is 23.7 Å². The fourth-order valence-electron chi connectivity index (χ4n) is 2.20. The number of pyridine rings is 1. The zero-order valence-electron chi connectivity index (χ0n) is 12.4. The maximum Gasteiger partial charge on any atom is 0.281 e. The minimum Gasteiger partial charge on any atom is -0.339 e. The molecule has 1 aliphatic rings. The third-order valence-corrected chi connectivity index (χ3v) is 5.43. The third kappa shape index (κ3) is 2.87. The predicted octanol–water partition coefficient (Wildman–Crippen LogP) is 0.261. The van der Waals surface area contributed by atoms with Crippen LogP contribution >= 0.6 is 0 Å². The van der Waals surface area contributed by atoms with E-state index in [0.29, 0.717) is 31.2 Å². The van der Waals surface area contributed by atoms with E-state index in [0.717, 1.165) is 5.56 Å². The highest BCUT2D eigenvalue weighted by molar-refractivity contribution is 7.86. The molecule has 0 spiro atoms. The smallest absolute Gasteiger partial charge is 0.281 e. The summed E-state index contributed by atoms with van der Waals surface area (Å²) in [6.45, 7) is 0.740. The Hall–Kier alpha value is -1.84. The summed E-state index contributed by atoms with van der Waals surface area (Å²) in [7, 11) is -0.324. The van der Waals surface area contributed by atoms with E-state index in [1.165, 1.54) is 22.7 Å². The lowest BCUT2D eigenvalue weighted by molar-refractivity contribution is 0.207. The molecule has 1 aliphatic heterocycles. The molecule has 2 aromatic heterocycles. The van der Waals surface area contributed by atoms with Crippen molar-refractivity contribution in [1.29, 1.82) is 0 Å². The summed E-state index contributed by atoms with van der Waals surface area (Å²) in [5.41, 5.74) is 1.00. The van der Waals surface area contributed by atoms with Gasteiger partial charge in [0.25, 0.3) is 10.2 Å². The maximum atomic E-state index is 11.9. The molecule has 0 bridgehead atoms. The number of rotatable bonds is 5. The summed E-state index contributed by atoms with van der Waals surface area (Å²) in [6.07, 6.45) is 4.01. The zero-order chi connectivity index (χ0) is 15.7. The molecule has 0 saturated carbocycles. The Bertz CT molecular complexity index is 738. The van der Waals surface area contributed by atoms with Gasteiger partial charge >= 0.3 is 0 Å². The van der Waals surface area contributed by atoms with E-state index in [1.807, 2.05) is 12.1 Å². The minimum atomic E-state index is -3.35. The molecule has 2 aromatic rings. The quantitative estimate of drug-likeness (QED) is 0.784. The molecule has 1 fully saturated rings. The molecule has 9 heteroatoms. The van der Waals surface area contributed by atoms with Crippen LogP contribution in [0.4, 0.5) is 0 Å². The molecule has 8 nitrogen and oxygen atoms in total. The fraction of sp³-hybridized carbons (Fsp3) is 0.462. The van der Waals surface area contributed by atoms with Gasteiger partial charge < -0.3 is 4.52 Å². The van der Waals surface area contributed by atoms with Crippen molar-refractivity contribution in [3.05, 3.63) is 41.8 Å². The highest BCUT2D eigenvalue weighted by atomic mass is 32.2. The van der Waals surface area contributed by atoms with E-state index in [4.69, 9.17) is 4.52 Å². The van der Waals surface area contributed by atoms with Gasteiger partial charge in [0, 0.05) is 46.0 Å². The number of hydrogen-bond donors (Lipinski definition) is 0. The van der Waals surface area contributed by atoms with Gasteiger partial charge in [-0.25, -0.2) is 0 Å². The first kappa shape index (κ1) is 15.1. The van der Waals surface area contributed by atoms with Crippen LogP contribution in [0.3, 0.4) is 0 Å². The summed E-state index contributed by atoms with van der Waals surface area (Å²) in [5, 5.41) is 3.94. The second-order valence-electron chi connectivity index (χ2n) is 5.39. The topological polar surface area (TPSA) is 92.4 Å². The maximum absolute atomic E-state index is 11.9. The molecule has 0 N–H and O–H groups in total. The molecule has 0 radical (unpaired) electrons. The van der Waals surface area contributed by atoms with Crippen molar-refractivity contribution < 1.29 is 12.9 Å². The Morgan fingerprint density at radius 1 is 1.41 bits per heavy atom. The average Bonchev–Trinajstić information content (AvgIpc) is 2.86. The summed E-state index contributed by atoms with van der Waals surface area (Å²) in [6, 6.07) is 3.80. The van der Waals surface area contributed by atoms with E-state index in [-0.39, 0.29) is 5.92 Å². The van der Waals surface area contributed by atoms with Gasteiger partial charge in [-0.15, -0.1) is 0 Å². The Morgan fingerprint density at radius 3 is 2.82 bits per heavy atom. The highest BCUT2D eigenvalue weighted by Gasteiger charge is 2.40. The number of nitrogens with zero attached hydrogens (tertiary/aromatic N) is 5. The SMILES string of the molecule is CN(C)S(=O)(=O)N1CC(c2nc(Cc3cccnc3)no2)C1. The minimum absolute atomic E-state index is 0.0372. The lowest BCUT2D eigenvalue weighted by Crippen LogP contribution is -2.52. The van der Waals surface area contributed by atoms with Gasteiger partial charge in [-0.2, -0.15) is 22.0 Å². The van der Waals surface area contributed by atoms with Gasteiger partial charge in [0.05, 0.1) is 5.92 Å². The number of aromatic nitrogens is 3. The van der Waals surface area contributed by atoms with Crippen molar-refractivity contribution in [3.8, 4) is 0 Å². The van der Waals surface area contributed by atoms with E-state index >= 15 is 0 Å². The first-order valence-corrected chi connectivity index (χ1v) is 8.25. The second kappa shape index (κ2) is 5.75. The first-order valence-electron chi connectivity index (χ1n) is 6.86. The summed E-state index contributed by atoms with van der Waals surface area (Å²) >= 11 is 0. The van der Waals surface area contributed by atoms with Crippen LogP contribution in [0.15, 0.2) is 29.0 Å². The van der Waals surface area contributed by atoms with Gasteiger partial charge in [0.15, 0.2) is 5.82 Å². The highest BCUT2D eigenvalue weighted by Crippen LogP contribution is 2.28. The number of hydrogen-bond acceptors (Lipinski definition) is 6. The molecule has 118 valence electrons. The average molecular weight is 323 g/mol. The molecule has 0 aliphatic carbocycles. The van der Waals surface area contributed by atoms with E-state index in [1.54, 1.807) is 12.4 Å². The van der Waals surface area contributed by atoms with E-state index in [2.05, 4.69) is 15.1 Å². The Morgan fingerprint density at radius 2 is 2.18 bits per heavy atom. The molecule has 0 amide bonds. The molecule has 3 rings (SSSR count). The van der Waals surface area contributed by atoms with Gasteiger partial charge in [0.2, 0.25) is 5.89 Å². The molecule has 0 atom stereocenters. The predicted molar refractivity (Wildman–Crippen MR) is 78.3 cm³/mol. The Kier molecular flexibility index (Phi) is 3.94. The van der Waals surface area contributed by atoms with Crippen LogP contribution in [0.25, 0.3) is 0 Å². The molecule has 0 unspecified atom stereocenters. The first-order chi connectivity index (χ1) is 10.5. The van der Waals surface area contributed by atoms with Crippen LogP contribution < -0.4 is 0 Å². The Balaban J connectivity index is 1.62. The van der Waals surface area contributed by atoms with Gasteiger partial charge in [-0.05, 0) is 11.6 Å². The van der Waals surface area contributed by atoms with Crippen LogP contribution in [0.5, 0.6) is 0 Å². The molecular formula is C13H17N5O3S. The summed E-state index contributed by atoms with van der Waals surface area (Å²) in [5.74, 6) is 1.03. The van der Waals surface area contributed by atoms with Gasteiger partial charge in [-0.3, -0.25) is 4.98 Å². The van der Waals surface area contributed by atoms with Crippen LogP contribution in [-0.2, 0) is 16.6 Å². The fourth-order valence-corrected chi connectivity index (χ4v) is 3.40. The van der Waals surface area contributed by atoms with Crippen molar-refractivity contribution in [2.24, 2.45) is 0 Å². The van der Waals surface area contributed by atoms with Crippen molar-refractivity contribution in [2.45, 2.75) is 12.3 Å². The second-order valence-corrected chi connectivity index (χ2v) is 7.53. The molecule has 3 heterocycles. The monoisotopic (exact) mass is 323 g/mol. The standard InChI is InChI=1S/C13H17N5O3S/c1-17(2)22(19,20)18-8-11(9-18)13-15-12(16-21-13)6-10-4-3-5-14-7-10/h3-5,7,11H,6,8-9H2,1-2H3. The van der Waals surface area contributed by atoms with Crippen LogP contribution in [-0.4, -0.2) is 59.3 Å². The van der Waals surface area contributed by atoms with Gasteiger partial charge in [0.1, 0.15) is 0 Å². The largest absolute Gasteiger partial charge is 0.339 e. The lowest BCUT2D eigenvalue weighted by atomic mass is 10.0. The van der Waals surface area contributed by atoms with Crippen molar-refractivity contribution in [3.63, 3.8) is 0 Å². The van der Waals surface area contributed by atoms with Crippen LogP contribution in [0, 0.1) is 0 Å². The van der Waals surface area contributed by atoms with Crippen molar-refractivity contribution >= 4 is 10.2 Å².